The highest BCUT2D eigenvalue weighted by molar-refractivity contribution is 6.09. The summed E-state index contributed by atoms with van der Waals surface area (Å²) < 4.78 is 10.1. The molecule has 0 heterocycles. The molecule has 0 radical (unpaired) electrons. The van der Waals surface area contributed by atoms with Gasteiger partial charge < -0.3 is 20.1 Å². The van der Waals surface area contributed by atoms with Gasteiger partial charge in [-0.15, -0.1) is 0 Å². The third-order valence-corrected chi connectivity index (χ3v) is 4.14. The summed E-state index contributed by atoms with van der Waals surface area (Å²) in [5.74, 6) is 0.0357. The molecule has 2 N–H and O–H groups in total. The summed E-state index contributed by atoms with van der Waals surface area (Å²) in [5.41, 5.74) is 0.501. The Morgan fingerprint density at radius 3 is 1.29 bits per heavy atom. The molecule has 0 fully saturated rings. The zero-order chi connectivity index (χ0) is 20.5. The smallest absolute Gasteiger partial charge is 0.207 e. The average molecular weight is 384 g/mol. The molecule has 28 heavy (non-hydrogen) atoms. The van der Waals surface area contributed by atoms with E-state index in [1.165, 1.54) is 38.5 Å². The third-order valence-electron chi connectivity index (χ3n) is 4.14. The number of carbonyl (C=O) groups excluding carboxylic acids is 4. The molecule has 2 atom stereocenters. The van der Waals surface area contributed by atoms with Crippen molar-refractivity contribution >= 4 is 24.4 Å². The molecule has 8 nitrogen and oxygen atoms in total. The number of ketones is 2. The lowest BCUT2D eigenvalue weighted by Gasteiger charge is -2.24. The van der Waals surface area contributed by atoms with Crippen LogP contribution in [0.2, 0.25) is 0 Å². The van der Waals surface area contributed by atoms with Crippen molar-refractivity contribution in [2.45, 2.75) is 12.1 Å². The number of methoxy groups -OCH3 is 2. The highest BCUT2D eigenvalue weighted by atomic mass is 16.5. The molecular weight excluding hydrogens is 364 g/mol. The number of amides is 2. The van der Waals surface area contributed by atoms with Crippen LogP contribution in [0.3, 0.4) is 0 Å². The second-order valence-electron chi connectivity index (χ2n) is 5.71. The van der Waals surface area contributed by atoms with Gasteiger partial charge in [-0.1, -0.05) is 0 Å². The summed E-state index contributed by atoms with van der Waals surface area (Å²) in [5, 5.41) is 4.68. The van der Waals surface area contributed by atoms with Gasteiger partial charge in [-0.25, -0.2) is 0 Å². The lowest BCUT2D eigenvalue weighted by atomic mass is 9.92. The molecule has 0 saturated heterocycles. The zero-order valence-corrected chi connectivity index (χ0v) is 15.4. The summed E-state index contributed by atoms with van der Waals surface area (Å²) in [6.07, 6.45) is 0.625. The van der Waals surface area contributed by atoms with Crippen molar-refractivity contribution in [3.63, 3.8) is 0 Å². The molecule has 146 valence electrons. The molecule has 0 aliphatic rings. The summed E-state index contributed by atoms with van der Waals surface area (Å²) in [6.45, 7) is 0. The van der Waals surface area contributed by atoms with Crippen LogP contribution in [0.1, 0.15) is 20.7 Å². The quantitative estimate of drug-likeness (QED) is 0.442. The lowest BCUT2D eigenvalue weighted by Crippen LogP contribution is -2.55. The predicted octanol–water partition coefficient (Wildman–Crippen LogP) is 0.999. The van der Waals surface area contributed by atoms with Gasteiger partial charge in [0.1, 0.15) is 23.6 Å². The van der Waals surface area contributed by atoms with E-state index in [4.69, 9.17) is 9.47 Å². The van der Waals surface area contributed by atoms with Crippen molar-refractivity contribution in [3.8, 4) is 11.5 Å². The van der Waals surface area contributed by atoms with E-state index in [0.717, 1.165) is 0 Å². The van der Waals surface area contributed by atoms with Gasteiger partial charge in [0.05, 0.1) is 14.2 Å². The van der Waals surface area contributed by atoms with E-state index in [0.29, 0.717) is 24.3 Å². The maximum atomic E-state index is 12.9. The van der Waals surface area contributed by atoms with Gasteiger partial charge in [0.2, 0.25) is 12.8 Å². The molecule has 0 spiro atoms. The fourth-order valence-electron chi connectivity index (χ4n) is 2.66. The van der Waals surface area contributed by atoms with Crippen molar-refractivity contribution in [1.82, 2.24) is 10.6 Å². The molecule has 0 bridgehead atoms. The number of benzene rings is 2. The van der Waals surface area contributed by atoms with Crippen LogP contribution in [-0.4, -0.2) is 50.7 Å². The Labute approximate surface area is 161 Å². The van der Waals surface area contributed by atoms with E-state index < -0.39 is 23.7 Å². The molecule has 2 amide bonds. The summed E-state index contributed by atoms with van der Waals surface area (Å²) in [4.78, 5) is 47.9. The topological polar surface area (TPSA) is 111 Å². The van der Waals surface area contributed by atoms with Crippen LogP contribution in [0.15, 0.2) is 48.5 Å². The minimum Gasteiger partial charge on any atom is -0.497 e. The molecule has 0 aliphatic heterocycles. The number of rotatable bonds is 11. The first-order valence-corrected chi connectivity index (χ1v) is 8.31. The first-order valence-electron chi connectivity index (χ1n) is 8.31. The molecule has 8 heteroatoms. The number of nitrogens with one attached hydrogen (secondary N) is 2. The van der Waals surface area contributed by atoms with Crippen LogP contribution >= 0.6 is 0 Å². The molecule has 2 aromatic carbocycles. The Balaban J connectivity index is 2.35. The highest BCUT2D eigenvalue weighted by Crippen LogP contribution is 2.17. The molecule has 0 aliphatic carbocycles. The average Bonchev–Trinajstić information content (AvgIpc) is 2.75. The number of ether oxygens (including phenoxy) is 2. The Hall–Kier alpha value is -3.68. The SMILES string of the molecule is COc1ccc(C(=O)C(NC=O)C(NC=O)C(=O)c2ccc(OC)cc2)cc1. The standard InChI is InChI=1S/C20H20N2O6/c1-27-15-7-3-13(4-8-15)19(25)17(21-11-23)18(22-12-24)20(26)14-5-9-16(28-2)10-6-14/h3-12,17-18H,1-2H3,(H,21,23)(H,22,24). The fraction of sp³-hybridized carbons (Fsp3) is 0.200. The zero-order valence-electron chi connectivity index (χ0n) is 15.4. The summed E-state index contributed by atoms with van der Waals surface area (Å²) >= 11 is 0. The van der Waals surface area contributed by atoms with E-state index >= 15 is 0 Å². The minimum absolute atomic E-state index is 0.250. The minimum atomic E-state index is -1.29. The maximum absolute atomic E-state index is 12.9. The Morgan fingerprint density at radius 2 is 1.04 bits per heavy atom. The third kappa shape index (κ3) is 4.73. The number of carbonyl (C=O) groups is 4. The second kappa shape index (κ2) is 9.86. The Bertz CT molecular complexity index is 761. The van der Waals surface area contributed by atoms with Crippen LogP contribution in [-0.2, 0) is 9.59 Å². The first-order chi connectivity index (χ1) is 13.5. The van der Waals surface area contributed by atoms with E-state index in [1.54, 1.807) is 24.3 Å². The van der Waals surface area contributed by atoms with Crippen LogP contribution < -0.4 is 20.1 Å². The summed E-state index contributed by atoms with van der Waals surface area (Å²) in [7, 11) is 2.98. The molecule has 0 aromatic heterocycles. The first kappa shape index (κ1) is 20.6. The van der Waals surface area contributed by atoms with Gasteiger partial charge in [-0.3, -0.25) is 19.2 Å². The van der Waals surface area contributed by atoms with Crippen molar-refractivity contribution in [2.75, 3.05) is 14.2 Å². The molecule has 2 rings (SSSR count). The highest BCUT2D eigenvalue weighted by Gasteiger charge is 2.34. The predicted molar refractivity (Wildman–Crippen MR) is 101 cm³/mol. The van der Waals surface area contributed by atoms with Crippen molar-refractivity contribution in [2.24, 2.45) is 0 Å². The number of Topliss-reactive ketones (excluding diaryl/α,β-unsaturated/α-hetero) is 2. The van der Waals surface area contributed by atoms with Gasteiger partial charge in [-0.05, 0) is 48.5 Å². The van der Waals surface area contributed by atoms with Gasteiger partial charge >= 0.3 is 0 Å². The van der Waals surface area contributed by atoms with E-state index in [9.17, 15) is 19.2 Å². The van der Waals surface area contributed by atoms with E-state index in [2.05, 4.69) is 10.6 Å². The van der Waals surface area contributed by atoms with Crippen LogP contribution in [0.5, 0.6) is 11.5 Å². The largest absolute Gasteiger partial charge is 0.497 e. The van der Waals surface area contributed by atoms with Crippen LogP contribution in [0.4, 0.5) is 0 Å². The van der Waals surface area contributed by atoms with Crippen LogP contribution in [0, 0.1) is 0 Å². The molecule has 2 unspecified atom stereocenters. The second-order valence-corrected chi connectivity index (χ2v) is 5.71. The number of hydrogen-bond acceptors (Lipinski definition) is 6. The summed E-state index contributed by atoms with van der Waals surface area (Å²) in [6, 6.07) is 9.80. The van der Waals surface area contributed by atoms with Crippen LogP contribution in [0.25, 0.3) is 0 Å². The van der Waals surface area contributed by atoms with Gasteiger partial charge in [-0.2, -0.15) is 0 Å². The fourth-order valence-corrected chi connectivity index (χ4v) is 2.66. The lowest BCUT2D eigenvalue weighted by molar-refractivity contribution is -0.112. The molecule has 0 saturated carbocycles. The Kier molecular flexibility index (Phi) is 7.27. The Morgan fingerprint density at radius 1 is 0.714 bits per heavy atom. The maximum Gasteiger partial charge on any atom is 0.207 e. The van der Waals surface area contributed by atoms with Gasteiger partial charge in [0.25, 0.3) is 0 Å². The molecular formula is C20H20N2O6. The van der Waals surface area contributed by atoms with Crippen molar-refractivity contribution in [3.05, 3.63) is 59.7 Å². The van der Waals surface area contributed by atoms with Crippen molar-refractivity contribution < 1.29 is 28.7 Å². The van der Waals surface area contributed by atoms with Crippen molar-refractivity contribution in [1.29, 1.82) is 0 Å². The monoisotopic (exact) mass is 384 g/mol. The normalized spacial score (nSPS) is 12.2. The number of hydrogen-bond donors (Lipinski definition) is 2. The van der Waals surface area contributed by atoms with E-state index in [1.807, 2.05) is 0 Å². The van der Waals surface area contributed by atoms with Gasteiger partial charge in [0, 0.05) is 11.1 Å². The van der Waals surface area contributed by atoms with E-state index in [-0.39, 0.29) is 11.1 Å². The van der Waals surface area contributed by atoms with Gasteiger partial charge in [0.15, 0.2) is 11.6 Å². The molecule has 2 aromatic rings.